The zero-order valence-electron chi connectivity index (χ0n) is 10.2. The van der Waals surface area contributed by atoms with E-state index in [1.165, 1.54) is 6.42 Å². The number of rotatable bonds is 7. The molecule has 0 bridgehead atoms. The van der Waals surface area contributed by atoms with E-state index in [0.717, 1.165) is 18.4 Å². The average molecular weight is 216 g/mol. The molecule has 3 unspecified atom stereocenters. The van der Waals surface area contributed by atoms with Crippen LogP contribution in [0.3, 0.4) is 0 Å². The monoisotopic (exact) mass is 216 g/mol. The first-order chi connectivity index (χ1) is 7.07. The minimum atomic E-state index is -0.300. The Balaban J connectivity index is 2.43. The molecule has 0 saturated heterocycles. The van der Waals surface area contributed by atoms with Crippen LogP contribution in [-0.2, 0) is 9.47 Å². The summed E-state index contributed by atoms with van der Waals surface area (Å²) >= 11 is 0. The van der Waals surface area contributed by atoms with Gasteiger partial charge in [-0.05, 0) is 31.7 Å². The second-order valence-corrected chi connectivity index (χ2v) is 4.78. The summed E-state index contributed by atoms with van der Waals surface area (Å²) in [6.45, 7) is 5.81. The standard InChI is InChI=1S/C11H24N2O2/c1-8-5-9(8)6-13-11(2,7-12)10(14-3)15-4/h8-10,13H,5-7,12H2,1-4H3. The molecule has 0 spiro atoms. The molecule has 0 radical (unpaired) electrons. The number of hydrogen-bond acceptors (Lipinski definition) is 4. The number of methoxy groups -OCH3 is 2. The second kappa shape index (κ2) is 5.25. The lowest BCUT2D eigenvalue weighted by atomic mass is 10.0. The third kappa shape index (κ3) is 3.14. The van der Waals surface area contributed by atoms with Crippen molar-refractivity contribution in [2.45, 2.75) is 32.1 Å². The Kier molecular flexibility index (Phi) is 4.52. The van der Waals surface area contributed by atoms with Crippen LogP contribution in [0, 0.1) is 11.8 Å². The van der Waals surface area contributed by atoms with Crippen LogP contribution in [0.5, 0.6) is 0 Å². The fourth-order valence-corrected chi connectivity index (χ4v) is 1.92. The van der Waals surface area contributed by atoms with Gasteiger partial charge in [0.05, 0.1) is 5.54 Å². The number of hydrogen-bond donors (Lipinski definition) is 2. The van der Waals surface area contributed by atoms with Gasteiger partial charge in [0.15, 0.2) is 6.29 Å². The highest BCUT2D eigenvalue weighted by atomic mass is 16.7. The van der Waals surface area contributed by atoms with E-state index in [-0.39, 0.29) is 11.8 Å². The molecule has 0 heterocycles. The Labute approximate surface area is 92.5 Å². The SMILES string of the molecule is COC(OC)C(C)(CN)NCC1CC1C. The predicted molar refractivity (Wildman–Crippen MR) is 60.5 cm³/mol. The van der Waals surface area contributed by atoms with E-state index < -0.39 is 0 Å². The third-order valence-electron chi connectivity index (χ3n) is 3.42. The van der Waals surface area contributed by atoms with E-state index in [9.17, 15) is 0 Å². The lowest BCUT2D eigenvalue weighted by Crippen LogP contribution is -2.59. The highest BCUT2D eigenvalue weighted by molar-refractivity contribution is 4.92. The molecule has 1 aliphatic rings. The largest absolute Gasteiger partial charge is 0.354 e. The van der Waals surface area contributed by atoms with Gasteiger partial charge >= 0.3 is 0 Å². The molecule has 0 aromatic heterocycles. The molecular weight excluding hydrogens is 192 g/mol. The third-order valence-corrected chi connectivity index (χ3v) is 3.42. The van der Waals surface area contributed by atoms with Gasteiger partial charge in [0.1, 0.15) is 0 Å². The Hall–Kier alpha value is -0.160. The van der Waals surface area contributed by atoms with E-state index in [1.807, 2.05) is 6.92 Å². The van der Waals surface area contributed by atoms with Gasteiger partial charge in [0, 0.05) is 20.8 Å². The van der Waals surface area contributed by atoms with Crippen molar-refractivity contribution in [2.75, 3.05) is 27.3 Å². The molecule has 0 aromatic carbocycles. The molecule has 0 aromatic rings. The van der Waals surface area contributed by atoms with Crippen molar-refractivity contribution in [1.29, 1.82) is 0 Å². The highest BCUT2D eigenvalue weighted by Gasteiger charge is 2.38. The molecular formula is C11H24N2O2. The van der Waals surface area contributed by atoms with Crippen molar-refractivity contribution >= 4 is 0 Å². The Morgan fingerprint density at radius 1 is 1.47 bits per heavy atom. The first-order valence-electron chi connectivity index (χ1n) is 5.58. The maximum Gasteiger partial charge on any atom is 0.175 e. The van der Waals surface area contributed by atoms with Crippen molar-refractivity contribution in [1.82, 2.24) is 5.32 Å². The summed E-state index contributed by atoms with van der Waals surface area (Å²) in [4.78, 5) is 0. The molecule has 4 heteroatoms. The first kappa shape index (κ1) is 12.9. The molecule has 4 nitrogen and oxygen atoms in total. The molecule has 0 amide bonds. The van der Waals surface area contributed by atoms with Crippen LogP contribution in [-0.4, -0.2) is 39.1 Å². The van der Waals surface area contributed by atoms with E-state index >= 15 is 0 Å². The molecule has 3 N–H and O–H groups in total. The highest BCUT2D eigenvalue weighted by Crippen LogP contribution is 2.37. The predicted octanol–water partition coefficient (Wildman–Crippen LogP) is 0.568. The lowest BCUT2D eigenvalue weighted by Gasteiger charge is -2.35. The van der Waals surface area contributed by atoms with Gasteiger partial charge in [-0.1, -0.05) is 6.92 Å². The Morgan fingerprint density at radius 2 is 2.00 bits per heavy atom. The zero-order valence-corrected chi connectivity index (χ0v) is 10.2. The van der Waals surface area contributed by atoms with Crippen LogP contribution in [0.4, 0.5) is 0 Å². The maximum absolute atomic E-state index is 5.78. The molecule has 1 saturated carbocycles. The normalized spacial score (nSPS) is 29.2. The van der Waals surface area contributed by atoms with E-state index in [0.29, 0.717) is 6.54 Å². The second-order valence-electron chi connectivity index (χ2n) is 4.78. The smallest absolute Gasteiger partial charge is 0.175 e. The van der Waals surface area contributed by atoms with Crippen molar-refractivity contribution < 1.29 is 9.47 Å². The van der Waals surface area contributed by atoms with E-state index in [1.54, 1.807) is 14.2 Å². The summed E-state index contributed by atoms with van der Waals surface area (Å²) in [6.07, 6.45) is 1.02. The van der Waals surface area contributed by atoms with Crippen molar-refractivity contribution in [3.63, 3.8) is 0 Å². The van der Waals surface area contributed by atoms with Crippen LogP contribution in [0.15, 0.2) is 0 Å². The molecule has 3 atom stereocenters. The molecule has 15 heavy (non-hydrogen) atoms. The quantitative estimate of drug-likeness (QED) is 0.611. The minimum Gasteiger partial charge on any atom is -0.354 e. The van der Waals surface area contributed by atoms with Gasteiger partial charge in [-0.15, -0.1) is 0 Å². The summed E-state index contributed by atoms with van der Waals surface area (Å²) < 4.78 is 10.5. The Bertz CT molecular complexity index is 197. The van der Waals surface area contributed by atoms with Gasteiger partial charge in [-0.25, -0.2) is 0 Å². The summed E-state index contributed by atoms with van der Waals surface area (Å²) in [7, 11) is 3.28. The fraction of sp³-hybridized carbons (Fsp3) is 1.00. The molecule has 1 aliphatic carbocycles. The number of ether oxygens (including phenoxy) is 2. The molecule has 1 fully saturated rings. The van der Waals surface area contributed by atoms with Crippen LogP contribution in [0.1, 0.15) is 20.3 Å². The minimum absolute atomic E-state index is 0.295. The zero-order chi connectivity index (χ0) is 11.5. The lowest BCUT2D eigenvalue weighted by molar-refractivity contribution is -0.149. The average Bonchev–Trinajstić information content (AvgIpc) is 2.93. The summed E-state index contributed by atoms with van der Waals surface area (Å²) in [5, 5.41) is 3.47. The number of nitrogens with one attached hydrogen (secondary N) is 1. The van der Waals surface area contributed by atoms with Gasteiger partial charge in [0.2, 0.25) is 0 Å². The Morgan fingerprint density at radius 3 is 2.33 bits per heavy atom. The molecule has 0 aliphatic heterocycles. The van der Waals surface area contributed by atoms with Gasteiger partial charge < -0.3 is 20.5 Å². The van der Waals surface area contributed by atoms with Gasteiger partial charge in [-0.3, -0.25) is 0 Å². The maximum atomic E-state index is 5.78. The van der Waals surface area contributed by atoms with Crippen molar-refractivity contribution in [3.8, 4) is 0 Å². The molecule has 1 rings (SSSR count). The fourth-order valence-electron chi connectivity index (χ4n) is 1.92. The van der Waals surface area contributed by atoms with Gasteiger partial charge in [0.25, 0.3) is 0 Å². The first-order valence-corrected chi connectivity index (χ1v) is 5.58. The summed E-state index contributed by atoms with van der Waals surface area (Å²) in [6, 6.07) is 0. The van der Waals surface area contributed by atoms with Crippen LogP contribution in [0.25, 0.3) is 0 Å². The summed E-state index contributed by atoms with van der Waals surface area (Å²) in [5.74, 6) is 1.65. The van der Waals surface area contributed by atoms with Crippen LogP contribution >= 0.6 is 0 Å². The van der Waals surface area contributed by atoms with Gasteiger partial charge in [-0.2, -0.15) is 0 Å². The molecule has 90 valence electrons. The van der Waals surface area contributed by atoms with Crippen LogP contribution < -0.4 is 11.1 Å². The van der Waals surface area contributed by atoms with E-state index in [2.05, 4.69) is 12.2 Å². The topological polar surface area (TPSA) is 56.5 Å². The number of nitrogens with two attached hydrogens (primary N) is 1. The van der Waals surface area contributed by atoms with Crippen molar-refractivity contribution in [3.05, 3.63) is 0 Å². The van der Waals surface area contributed by atoms with E-state index in [4.69, 9.17) is 15.2 Å². The summed E-state index contributed by atoms with van der Waals surface area (Å²) in [5.41, 5.74) is 5.48. The van der Waals surface area contributed by atoms with Crippen LogP contribution in [0.2, 0.25) is 0 Å². The van der Waals surface area contributed by atoms with Crippen molar-refractivity contribution in [2.24, 2.45) is 17.6 Å².